The van der Waals surface area contributed by atoms with E-state index in [9.17, 15) is 9.59 Å². The van der Waals surface area contributed by atoms with Gasteiger partial charge in [0.1, 0.15) is 0 Å². The van der Waals surface area contributed by atoms with Gasteiger partial charge in [-0.1, -0.05) is 17.7 Å². The minimum Gasteiger partial charge on any atom is -0.481 e. The third-order valence-corrected chi connectivity index (χ3v) is 4.00. The van der Waals surface area contributed by atoms with E-state index in [1.165, 1.54) is 0 Å². The maximum Gasteiger partial charge on any atom is 0.308 e. The van der Waals surface area contributed by atoms with Crippen molar-refractivity contribution >= 4 is 23.5 Å². The summed E-state index contributed by atoms with van der Waals surface area (Å²) in [5, 5.41) is 9.49. The van der Waals surface area contributed by atoms with Crippen molar-refractivity contribution in [2.24, 2.45) is 5.92 Å². The molecule has 1 aromatic rings. The van der Waals surface area contributed by atoms with Crippen LogP contribution >= 0.6 is 11.6 Å². The molecule has 5 heteroatoms. The van der Waals surface area contributed by atoms with Crippen molar-refractivity contribution in [1.82, 2.24) is 4.90 Å². The first kappa shape index (κ1) is 13.9. The molecule has 0 spiro atoms. The number of nitrogens with zero attached hydrogens (tertiary/aromatic N) is 1. The Kier molecular flexibility index (Phi) is 3.80. The fourth-order valence-electron chi connectivity index (χ4n) is 2.50. The monoisotopic (exact) mass is 281 g/mol. The Bertz CT molecular complexity index is 529. The van der Waals surface area contributed by atoms with E-state index in [-0.39, 0.29) is 11.9 Å². The lowest BCUT2D eigenvalue weighted by atomic mass is 10.0. The number of carbonyl (C=O) groups excluding carboxylic acids is 1. The van der Waals surface area contributed by atoms with Gasteiger partial charge in [0.15, 0.2) is 0 Å². The smallest absolute Gasteiger partial charge is 0.308 e. The van der Waals surface area contributed by atoms with Crippen LogP contribution in [0, 0.1) is 12.8 Å². The summed E-state index contributed by atoms with van der Waals surface area (Å²) in [4.78, 5) is 25.1. The second-order valence-electron chi connectivity index (χ2n) is 4.96. The van der Waals surface area contributed by atoms with Crippen LogP contribution in [0.1, 0.15) is 29.3 Å². The number of carboxylic acids is 1. The topological polar surface area (TPSA) is 57.6 Å². The Morgan fingerprint density at radius 1 is 1.42 bits per heavy atom. The van der Waals surface area contributed by atoms with E-state index in [1.807, 2.05) is 13.0 Å². The van der Waals surface area contributed by atoms with E-state index in [1.54, 1.807) is 24.0 Å². The molecule has 2 atom stereocenters. The van der Waals surface area contributed by atoms with Crippen LogP contribution in [0.15, 0.2) is 18.2 Å². The van der Waals surface area contributed by atoms with Gasteiger partial charge in [-0.15, -0.1) is 0 Å². The van der Waals surface area contributed by atoms with Gasteiger partial charge < -0.3 is 10.0 Å². The molecule has 4 nitrogen and oxygen atoms in total. The van der Waals surface area contributed by atoms with Crippen molar-refractivity contribution in [3.8, 4) is 0 Å². The number of rotatable bonds is 2. The average Bonchev–Trinajstić information content (AvgIpc) is 2.70. The quantitative estimate of drug-likeness (QED) is 0.906. The predicted octanol–water partition coefficient (Wildman–Crippen LogP) is 2.58. The highest BCUT2D eigenvalue weighted by atomic mass is 35.5. The zero-order chi connectivity index (χ0) is 14.2. The molecular weight excluding hydrogens is 266 g/mol. The minimum atomic E-state index is -0.849. The number of aryl methyl sites for hydroxylation is 1. The number of benzene rings is 1. The second-order valence-corrected chi connectivity index (χ2v) is 5.36. The van der Waals surface area contributed by atoms with Crippen LogP contribution in [0.4, 0.5) is 0 Å². The molecule has 2 unspecified atom stereocenters. The number of aliphatic carboxylic acids is 1. The lowest BCUT2D eigenvalue weighted by molar-refractivity contribution is -0.142. The lowest BCUT2D eigenvalue weighted by Gasteiger charge is -2.23. The maximum atomic E-state index is 12.4. The van der Waals surface area contributed by atoms with Gasteiger partial charge in [-0.2, -0.15) is 0 Å². The Morgan fingerprint density at radius 3 is 2.63 bits per heavy atom. The highest BCUT2D eigenvalue weighted by molar-refractivity contribution is 6.33. The van der Waals surface area contributed by atoms with Crippen molar-refractivity contribution in [3.63, 3.8) is 0 Å². The summed E-state index contributed by atoms with van der Waals surface area (Å²) < 4.78 is 0. The van der Waals surface area contributed by atoms with Crippen LogP contribution in [-0.4, -0.2) is 34.5 Å². The SMILES string of the molecule is Cc1ccc(C(=O)N2CCC(C(=O)O)C2C)c(Cl)c1. The first-order valence-corrected chi connectivity index (χ1v) is 6.59. The molecule has 19 heavy (non-hydrogen) atoms. The summed E-state index contributed by atoms with van der Waals surface area (Å²) in [5.41, 5.74) is 1.42. The fourth-order valence-corrected chi connectivity index (χ4v) is 2.82. The fraction of sp³-hybridized carbons (Fsp3) is 0.429. The first-order valence-electron chi connectivity index (χ1n) is 6.21. The van der Waals surface area contributed by atoms with Gasteiger partial charge in [-0.05, 0) is 38.0 Å². The molecule has 1 saturated heterocycles. The van der Waals surface area contributed by atoms with E-state index >= 15 is 0 Å². The van der Waals surface area contributed by atoms with Gasteiger partial charge in [0.2, 0.25) is 0 Å². The molecule has 2 rings (SSSR count). The molecule has 0 saturated carbocycles. The highest BCUT2D eigenvalue weighted by Gasteiger charge is 2.38. The molecule has 0 bridgehead atoms. The summed E-state index contributed by atoms with van der Waals surface area (Å²) in [5.74, 6) is -1.53. The predicted molar refractivity (Wildman–Crippen MR) is 72.4 cm³/mol. The van der Waals surface area contributed by atoms with E-state index in [0.29, 0.717) is 23.6 Å². The summed E-state index contributed by atoms with van der Waals surface area (Å²) in [6, 6.07) is 4.96. The molecule has 1 aliphatic heterocycles. The van der Waals surface area contributed by atoms with Crippen LogP contribution in [0.2, 0.25) is 5.02 Å². The number of halogens is 1. The maximum absolute atomic E-state index is 12.4. The lowest BCUT2D eigenvalue weighted by Crippen LogP contribution is -2.37. The normalized spacial score (nSPS) is 22.6. The van der Waals surface area contributed by atoms with Crippen molar-refractivity contribution in [3.05, 3.63) is 34.3 Å². The Labute approximate surface area is 117 Å². The Balaban J connectivity index is 2.23. The average molecular weight is 282 g/mol. The minimum absolute atomic E-state index is 0.193. The van der Waals surface area contributed by atoms with Gasteiger partial charge in [-0.25, -0.2) is 0 Å². The number of likely N-dealkylation sites (tertiary alicyclic amines) is 1. The summed E-state index contributed by atoms with van der Waals surface area (Å²) in [6.45, 7) is 4.13. The van der Waals surface area contributed by atoms with Gasteiger partial charge in [-0.3, -0.25) is 9.59 Å². The number of hydrogen-bond acceptors (Lipinski definition) is 2. The molecule has 0 aromatic heterocycles. The van der Waals surface area contributed by atoms with E-state index < -0.39 is 11.9 Å². The van der Waals surface area contributed by atoms with E-state index in [2.05, 4.69) is 0 Å². The number of carboxylic acid groups (broad SMARTS) is 1. The van der Waals surface area contributed by atoms with Crippen molar-refractivity contribution in [2.45, 2.75) is 26.3 Å². The molecule has 1 aromatic carbocycles. The zero-order valence-corrected chi connectivity index (χ0v) is 11.6. The van der Waals surface area contributed by atoms with Crippen LogP contribution in [0.3, 0.4) is 0 Å². The van der Waals surface area contributed by atoms with Crippen LogP contribution in [0.25, 0.3) is 0 Å². The third-order valence-electron chi connectivity index (χ3n) is 3.69. The molecule has 0 aliphatic carbocycles. The standard InChI is InChI=1S/C14H16ClNO3/c1-8-3-4-11(12(15)7-8)13(17)16-6-5-10(9(16)2)14(18)19/h3-4,7,9-10H,5-6H2,1-2H3,(H,18,19). The van der Waals surface area contributed by atoms with Crippen LogP contribution in [0.5, 0.6) is 0 Å². The molecule has 1 heterocycles. The molecule has 1 amide bonds. The number of carbonyl (C=O) groups is 2. The van der Waals surface area contributed by atoms with Crippen LogP contribution in [-0.2, 0) is 4.79 Å². The molecule has 102 valence electrons. The van der Waals surface area contributed by atoms with Crippen molar-refractivity contribution in [1.29, 1.82) is 0 Å². The number of hydrogen-bond donors (Lipinski definition) is 1. The van der Waals surface area contributed by atoms with E-state index in [4.69, 9.17) is 16.7 Å². The zero-order valence-electron chi connectivity index (χ0n) is 10.9. The molecule has 0 radical (unpaired) electrons. The molecule has 1 aliphatic rings. The molecule has 1 N–H and O–H groups in total. The van der Waals surface area contributed by atoms with Crippen molar-refractivity contribution < 1.29 is 14.7 Å². The number of amides is 1. The Hall–Kier alpha value is -1.55. The molecular formula is C14H16ClNO3. The van der Waals surface area contributed by atoms with E-state index in [0.717, 1.165) is 5.56 Å². The van der Waals surface area contributed by atoms with Gasteiger partial charge in [0, 0.05) is 12.6 Å². The summed E-state index contributed by atoms with van der Waals surface area (Å²) >= 11 is 6.09. The van der Waals surface area contributed by atoms with Gasteiger partial charge in [0.05, 0.1) is 16.5 Å². The van der Waals surface area contributed by atoms with Gasteiger partial charge in [0.25, 0.3) is 5.91 Å². The summed E-state index contributed by atoms with van der Waals surface area (Å²) in [7, 11) is 0. The third kappa shape index (κ3) is 2.59. The molecule has 1 fully saturated rings. The summed E-state index contributed by atoms with van der Waals surface area (Å²) in [6.07, 6.45) is 0.492. The highest BCUT2D eigenvalue weighted by Crippen LogP contribution is 2.28. The second kappa shape index (κ2) is 5.21. The van der Waals surface area contributed by atoms with Crippen molar-refractivity contribution in [2.75, 3.05) is 6.54 Å². The Morgan fingerprint density at radius 2 is 2.11 bits per heavy atom. The van der Waals surface area contributed by atoms with Crippen LogP contribution < -0.4 is 0 Å². The van der Waals surface area contributed by atoms with Gasteiger partial charge >= 0.3 is 5.97 Å². The first-order chi connectivity index (χ1) is 8.91. The largest absolute Gasteiger partial charge is 0.481 e.